The van der Waals surface area contributed by atoms with Crippen molar-refractivity contribution in [3.63, 3.8) is 0 Å². The molecular formula is C18H15NO. The number of rotatable bonds is 3. The van der Waals surface area contributed by atoms with E-state index < -0.39 is 0 Å². The lowest BCUT2D eigenvalue weighted by Gasteiger charge is -2.08. The summed E-state index contributed by atoms with van der Waals surface area (Å²) in [6.07, 6.45) is 2.48. The maximum Gasteiger partial charge on any atom is 0.212 e. The smallest absolute Gasteiger partial charge is 0.212 e. The van der Waals surface area contributed by atoms with Crippen molar-refractivity contribution in [3.05, 3.63) is 77.6 Å². The molecule has 20 heavy (non-hydrogen) atoms. The van der Waals surface area contributed by atoms with Gasteiger partial charge in [0.1, 0.15) is 5.69 Å². The van der Waals surface area contributed by atoms with E-state index in [0.29, 0.717) is 5.69 Å². The molecule has 3 aromatic rings. The average molecular weight is 261 g/mol. The van der Waals surface area contributed by atoms with Crippen molar-refractivity contribution in [1.29, 1.82) is 0 Å². The number of aromatic nitrogens is 1. The molecule has 1 aromatic heterocycles. The van der Waals surface area contributed by atoms with Gasteiger partial charge in [-0.3, -0.25) is 9.78 Å². The van der Waals surface area contributed by atoms with Gasteiger partial charge < -0.3 is 0 Å². The number of ketones is 1. The summed E-state index contributed by atoms with van der Waals surface area (Å²) in [4.78, 5) is 17.1. The topological polar surface area (TPSA) is 30.0 Å². The number of carbonyl (C=O) groups excluding carboxylic acids is 1. The summed E-state index contributed by atoms with van der Waals surface area (Å²) in [6, 6.07) is 17.6. The molecule has 2 heteroatoms. The maximum atomic E-state index is 12.8. The van der Waals surface area contributed by atoms with Crippen LogP contribution < -0.4 is 0 Å². The predicted molar refractivity (Wildman–Crippen MR) is 81.0 cm³/mol. The summed E-state index contributed by atoms with van der Waals surface area (Å²) in [5.41, 5.74) is 2.27. The molecule has 0 saturated heterocycles. The molecule has 0 amide bonds. The van der Waals surface area contributed by atoms with Gasteiger partial charge >= 0.3 is 0 Å². The van der Waals surface area contributed by atoms with E-state index in [1.807, 2.05) is 61.5 Å². The molecule has 98 valence electrons. The zero-order valence-electron chi connectivity index (χ0n) is 11.3. The van der Waals surface area contributed by atoms with Gasteiger partial charge in [0, 0.05) is 11.8 Å². The van der Waals surface area contributed by atoms with E-state index in [1.165, 1.54) is 0 Å². The van der Waals surface area contributed by atoms with Crippen molar-refractivity contribution >= 4 is 16.6 Å². The summed E-state index contributed by atoms with van der Waals surface area (Å²) in [7, 11) is 0. The van der Waals surface area contributed by atoms with Gasteiger partial charge in [-0.25, -0.2) is 0 Å². The molecule has 0 atom stereocenters. The van der Waals surface area contributed by atoms with Crippen LogP contribution in [0.2, 0.25) is 0 Å². The third-order valence-corrected chi connectivity index (χ3v) is 3.52. The molecule has 0 aliphatic heterocycles. The number of hydrogen-bond donors (Lipinski definition) is 0. The molecule has 0 aliphatic rings. The van der Waals surface area contributed by atoms with Crippen molar-refractivity contribution in [2.75, 3.05) is 0 Å². The van der Waals surface area contributed by atoms with Crippen LogP contribution in [0.3, 0.4) is 0 Å². The minimum absolute atomic E-state index is 0.000694. The van der Waals surface area contributed by atoms with Gasteiger partial charge in [0.15, 0.2) is 0 Å². The van der Waals surface area contributed by atoms with Crippen LogP contribution in [0.4, 0.5) is 0 Å². The van der Waals surface area contributed by atoms with Crippen LogP contribution in [-0.2, 0) is 6.42 Å². The van der Waals surface area contributed by atoms with E-state index >= 15 is 0 Å². The lowest BCUT2D eigenvalue weighted by molar-refractivity contribution is 0.103. The van der Waals surface area contributed by atoms with E-state index in [-0.39, 0.29) is 5.78 Å². The molecule has 0 N–H and O–H groups in total. The number of aryl methyl sites for hydroxylation is 1. The van der Waals surface area contributed by atoms with Gasteiger partial charge in [-0.15, -0.1) is 0 Å². The van der Waals surface area contributed by atoms with Crippen LogP contribution in [-0.4, -0.2) is 10.8 Å². The largest absolute Gasteiger partial charge is 0.287 e. The van der Waals surface area contributed by atoms with Crippen molar-refractivity contribution in [3.8, 4) is 0 Å². The molecular weight excluding hydrogens is 246 g/mol. The first-order valence-electron chi connectivity index (χ1n) is 6.77. The molecule has 0 saturated carbocycles. The van der Waals surface area contributed by atoms with Crippen LogP contribution >= 0.6 is 0 Å². The van der Waals surface area contributed by atoms with E-state index in [2.05, 4.69) is 4.98 Å². The highest BCUT2D eigenvalue weighted by Crippen LogP contribution is 2.22. The minimum Gasteiger partial charge on any atom is -0.287 e. The number of fused-ring (bicyclic) bond motifs is 1. The van der Waals surface area contributed by atoms with Crippen LogP contribution in [0.15, 0.2) is 60.8 Å². The Morgan fingerprint density at radius 1 is 1.00 bits per heavy atom. The number of hydrogen-bond acceptors (Lipinski definition) is 2. The number of pyridine rings is 1. The highest BCUT2D eigenvalue weighted by atomic mass is 16.1. The van der Waals surface area contributed by atoms with Gasteiger partial charge in [0.05, 0.1) is 0 Å². The van der Waals surface area contributed by atoms with E-state index in [0.717, 1.165) is 28.3 Å². The fourth-order valence-electron chi connectivity index (χ4n) is 2.48. The minimum atomic E-state index is -0.000694. The molecule has 0 aliphatic carbocycles. The second-order valence-electron chi connectivity index (χ2n) is 4.72. The second-order valence-corrected chi connectivity index (χ2v) is 4.72. The molecule has 2 aromatic carbocycles. The molecule has 3 rings (SSSR count). The highest BCUT2D eigenvalue weighted by Gasteiger charge is 2.16. The second kappa shape index (κ2) is 5.25. The Labute approximate surface area is 118 Å². The Bertz CT molecular complexity index is 772. The lowest BCUT2D eigenvalue weighted by Crippen LogP contribution is -2.08. The van der Waals surface area contributed by atoms with Gasteiger partial charge in [-0.1, -0.05) is 55.5 Å². The van der Waals surface area contributed by atoms with Crippen LogP contribution in [0.1, 0.15) is 28.5 Å². The first kappa shape index (κ1) is 12.5. The molecule has 0 unspecified atom stereocenters. The summed E-state index contributed by atoms with van der Waals surface area (Å²) in [5, 5.41) is 2.06. The Balaban J connectivity index is 2.18. The van der Waals surface area contributed by atoms with Crippen LogP contribution in [0, 0.1) is 0 Å². The number of nitrogens with zero attached hydrogens (tertiary/aromatic N) is 1. The Morgan fingerprint density at radius 3 is 2.65 bits per heavy atom. The van der Waals surface area contributed by atoms with Crippen molar-refractivity contribution < 1.29 is 4.79 Å². The predicted octanol–water partition coefficient (Wildman–Crippen LogP) is 4.03. The monoisotopic (exact) mass is 261 g/mol. The first-order valence-corrected chi connectivity index (χ1v) is 6.77. The molecule has 0 radical (unpaired) electrons. The third kappa shape index (κ3) is 2.10. The average Bonchev–Trinajstić information content (AvgIpc) is 2.53. The van der Waals surface area contributed by atoms with Crippen LogP contribution in [0.5, 0.6) is 0 Å². The van der Waals surface area contributed by atoms with Crippen molar-refractivity contribution in [1.82, 2.24) is 4.98 Å². The Kier molecular flexibility index (Phi) is 3.30. The van der Waals surface area contributed by atoms with Gasteiger partial charge in [0.25, 0.3) is 0 Å². The molecule has 1 heterocycles. The van der Waals surface area contributed by atoms with Gasteiger partial charge in [-0.2, -0.15) is 0 Å². The van der Waals surface area contributed by atoms with E-state index in [1.54, 1.807) is 6.20 Å². The summed E-state index contributed by atoms with van der Waals surface area (Å²) < 4.78 is 0. The summed E-state index contributed by atoms with van der Waals surface area (Å²) in [6.45, 7) is 2.04. The zero-order chi connectivity index (χ0) is 13.9. The van der Waals surface area contributed by atoms with Gasteiger partial charge in [-0.05, 0) is 28.8 Å². The molecule has 2 nitrogen and oxygen atoms in total. The SMILES string of the molecule is CCc1cccnc1C(=O)c1cccc2ccccc12. The van der Waals surface area contributed by atoms with E-state index in [9.17, 15) is 4.79 Å². The standard InChI is InChI=1S/C18H15NO/c1-2-13-9-6-12-19-17(13)18(20)16-11-5-8-14-7-3-4-10-15(14)16/h3-12H,2H2,1H3. The normalized spacial score (nSPS) is 10.7. The zero-order valence-corrected chi connectivity index (χ0v) is 11.3. The van der Waals surface area contributed by atoms with Crippen molar-refractivity contribution in [2.45, 2.75) is 13.3 Å². The van der Waals surface area contributed by atoms with E-state index in [4.69, 9.17) is 0 Å². The quantitative estimate of drug-likeness (QED) is 0.666. The summed E-state index contributed by atoms with van der Waals surface area (Å²) in [5.74, 6) is -0.000694. The van der Waals surface area contributed by atoms with Gasteiger partial charge in [0.2, 0.25) is 5.78 Å². The van der Waals surface area contributed by atoms with Crippen LogP contribution in [0.25, 0.3) is 10.8 Å². The fraction of sp³-hybridized carbons (Fsp3) is 0.111. The Hall–Kier alpha value is -2.48. The molecule has 0 bridgehead atoms. The number of benzene rings is 2. The summed E-state index contributed by atoms with van der Waals surface area (Å²) >= 11 is 0. The highest BCUT2D eigenvalue weighted by molar-refractivity contribution is 6.16. The number of carbonyl (C=O) groups is 1. The lowest BCUT2D eigenvalue weighted by atomic mass is 9.97. The first-order chi connectivity index (χ1) is 9.81. The maximum absolute atomic E-state index is 12.8. The molecule has 0 fully saturated rings. The Morgan fingerprint density at radius 2 is 1.80 bits per heavy atom. The van der Waals surface area contributed by atoms with Crippen molar-refractivity contribution in [2.24, 2.45) is 0 Å². The molecule has 0 spiro atoms. The third-order valence-electron chi connectivity index (χ3n) is 3.52. The fourth-order valence-corrected chi connectivity index (χ4v) is 2.48.